The summed E-state index contributed by atoms with van der Waals surface area (Å²) in [6.45, 7) is 0. The molecule has 17 heavy (non-hydrogen) atoms. The molecule has 4 nitrogen and oxygen atoms in total. The number of hydrogen-bond donors (Lipinski definition) is 2. The zero-order valence-electron chi connectivity index (χ0n) is 10.3. The van der Waals surface area contributed by atoms with E-state index in [9.17, 15) is 9.90 Å². The van der Waals surface area contributed by atoms with Crippen LogP contribution in [0.4, 0.5) is 4.79 Å². The molecule has 2 amide bonds. The lowest BCUT2D eigenvalue weighted by atomic mass is 10.0. The van der Waals surface area contributed by atoms with E-state index in [0.717, 1.165) is 38.5 Å². The van der Waals surface area contributed by atoms with Gasteiger partial charge >= 0.3 is 6.03 Å². The zero-order valence-corrected chi connectivity index (χ0v) is 10.3. The molecule has 2 atom stereocenters. The minimum Gasteiger partial charge on any atom is -0.393 e. The molecular formula is C13H22N2O2. The zero-order chi connectivity index (χ0) is 11.8. The summed E-state index contributed by atoms with van der Waals surface area (Å²) in [6, 6.07) is 1.08. The number of rotatable bonds is 1. The number of aliphatic hydroxyl groups is 1. The molecule has 2 N–H and O–H groups in total. The van der Waals surface area contributed by atoms with Gasteiger partial charge in [0.25, 0.3) is 0 Å². The van der Waals surface area contributed by atoms with Crippen LogP contribution in [0.1, 0.15) is 51.4 Å². The second-order valence-corrected chi connectivity index (χ2v) is 5.85. The van der Waals surface area contributed by atoms with Crippen molar-refractivity contribution in [2.45, 2.75) is 75.6 Å². The molecule has 2 aliphatic heterocycles. The fraction of sp³-hybridized carbons (Fsp3) is 0.923. The first-order valence-corrected chi connectivity index (χ1v) is 7.01. The monoisotopic (exact) mass is 238 g/mol. The van der Waals surface area contributed by atoms with Gasteiger partial charge in [-0.2, -0.15) is 0 Å². The minimum absolute atomic E-state index is 0.122. The Labute approximate surface area is 102 Å². The van der Waals surface area contributed by atoms with Crippen LogP contribution in [-0.2, 0) is 0 Å². The number of hydrogen-bond acceptors (Lipinski definition) is 2. The number of fused-ring (bicyclic) bond motifs is 2. The van der Waals surface area contributed by atoms with Crippen molar-refractivity contribution in [1.82, 2.24) is 10.2 Å². The van der Waals surface area contributed by atoms with Gasteiger partial charge in [-0.1, -0.05) is 12.8 Å². The predicted octanol–water partition coefficient (Wildman–Crippen LogP) is 1.63. The van der Waals surface area contributed by atoms with Crippen molar-refractivity contribution in [3.05, 3.63) is 0 Å². The van der Waals surface area contributed by atoms with Crippen molar-refractivity contribution in [3.8, 4) is 0 Å². The van der Waals surface area contributed by atoms with E-state index in [2.05, 4.69) is 5.32 Å². The van der Waals surface area contributed by atoms with E-state index in [1.807, 2.05) is 4.90 Å². The molecule has 2 saturated heterocycles. The minimum atomic E-state index is -0.192. The van der Waals surface area contributed by atoms with E-state index in [1.54, 1.807) is 0 Å². The van der Waals surface area contributed by atoms with Crippen LogP contribution in [0.5, 0.6) is 0 Å². The van der Waals surface area contributed by atoms with Gasteiger partial charge in [0.15, 0.2) is 0 Å². The van der Waals surface area contributed by atoms with E-state index < -0.39 is 0 Å². The third-order valence-electron chi connectivity index (χ3n) is 4.63. The van der Waals surface area contributed by atoms with Gasteiger partial charge in [-0.3, -0.25) is 0 Å². The Balaban J connectivity index is 1.62. The van der Waals surface area contributed by atoms with Crippen LogP contribution < -0.4 is 5.32 Å². The van der Waals surface area contributed by atoms with Crippen molar-refractivity contribution in [2.75, 3.05) is 0 Å². The average Bonchev–Trinajstić information content (AvgIpc) is 2.86. The fourth-order valence-corrected chi connectivity index (χ4v) is 3.80. The number of carbonyl (C=O) groups is 1. The quantitative estimate of drug-likeness (QED) is 0.729. The van der Waals surface area contributed by atoms with Crippen LogP contribution in [0.25, 0.3) is 0 Å². The van der Waals surface area contributed by atoms with Crippen LogP contribution in [0.3, 0.4) is 0 Å². The van der Waals surface area contributed by atoms with Gasteiger partial charge in [0, 0.05) is 18.1 Å². The number of aliphatic hydroxyl groups excluding tert-OH is 1. The van der Waals surface area contributed by atoms with Gasteiger partial charge in [0.05, 0.1) is 6.10 Å². The third kappa shape index (κ3) is 2.15. The van der Waals surface area contributed by atoms with Crippen LogP contribution in [0, 0.1) is 0 Å². The summed E-state index contributed by atoms with van der Waals surface area (Å²) < 4.78 is 0. The normalized spacial score (nSPS) is 37.5. The molecule has 1 aliphatic carbocycles. The molecule has 0 spiro atoms. The molecule has 0 aromatic rings. The largest absolute Gasteiger partial charge is 0.393 e. The van der Waals surface area contributed by atoms with Gasteiger partial charge < -0.3 is 15.3 Å². The molecule has 3 aliphatic rings. The predicted molar refractivity (Wildman–Crippen MR) is 64.7 cm³/mol. The lowest BCUT2D eigenvalue weighted by Crippen LogP contribution is -2.53. The number of nitrogens with zero attached hydrogens (tertiary/aromatic N) is 1. The maximum atomic E-state index is 12.3. The number of piperidine rings is 1. The molecule has 0 aromatic carbocycles. The van der Waals surface area contributed by atoms with E-state index in [1.165, 1.54) is 12.8 Å². The summed E-state index contributed by atoms with van der Waals surface area (Å²) in [5, 5.41) is 12.9. The average molecular weight is 238 g/mol. The van der Waals surface area contributed by atoms with Crippen LogP contribution in [0.15, 0.2) is 0 Å². The van der Waals surface area contributed by atoms with E-state index >= 15 is 0 Å². The highest BCUT2D eigenvalue weighted by molar-refractivity contribution is 5.75. The van der Waals surface area contributed by atoms with Gasteiger partial charge in [0.2, 0.25) is 0 Å². The Bertz CT molecular complexity index is 288. The summed E-state index contributed by atoms with van der Waals surface area (Å²) in [7, 11) is 0. The highest BCUT2D eigenvalue weighted by Gasteiger charge is 2.43. The molecule has 96 valence electrons. The Morgan fingerprint density at radius 1 is 1.06 bits per heavy atom. The Morgan fingerprint density at radius 3 is 2.24 bits per heavy atom. The lowest BCUT2D eigenvalue weighted by Gasteiger charge is -2.37. The molecule has 3 rings (SSSR count). The second-order valence-electron chi connectivity index (χ2n) is 5.85. The summed E-state index contributed by atoms with van der Waals surface area (Å²) >= 11 is 0. The summed E-state index contributed by atoms with van der Waals surface area (Å²) in [6.07, 6.45) is 8.26. The van der Waals surface area contributed by atoms with Crippen molar-refractivity contribution < 1.29 is 9.90 Å². The molecule has 0 radical (unpaired) electrons. The van der Waals surface area contributed by atoms with Crippen molar-refractivity contribution in [3.63, 3.8) is 0 Å². The number of carbonyl (C=O) groups excluding carboxylic acids is 1. The van der Waals surface area contributed by atoms with Crippen molar-refractivity contribution in [2.24, 2.45) is 0 Å². The first-order chi connectivity index (χ1) is 8.24. The first-order valence-electron chi connectivity index (χ1n) is 7.01. The SMILES string of the molecule is O=C(NC1CCCC1)N1C2CCC1CC(O)C2. The van der Waals surface area contributed by atoms with E-state index in [4.69, 9.17) is 0 Å². The van der Waals surface area contributed by atoms with Crippen LogP contribution in [0.2, 0.25) is 0 Å². The maximum Gasteiger partial charge on any atom is 0.318 e. The van der Waals surface area contributed by atoms with Crippen molar-refractivity contribution in [1.29, 1.82) is 0 Å². The second kappa shape index (κ2) is 4.48. The lowest BCUT2D eigenvalue weighted by molar-refractivity contribution is 0.0535. The number of amides is 2. The van der Waals surface area contributed by atoms with Crippen LogP contribution in [-0.4, -0.2) is 40.3 Å². The smallest absolute Gasteiger partial charge is 0.318 e. The standard InChI is InChI=1S/C13H22N2O2/c16-12-7-10-5-6-11(8-12)15(10)13(17)14-9-3-1-2-4-9/h9-12,16H,1-8H2,(H,14,17). The van der Waals surface area contributed by atoms with Crippen molar-refractivity contribution >= 4 is 6.03 Å². The van der Waals surface area contributed by atoms with Gasteiger partial charge in [-0.15, -0.1) is 0 Å². The van der Waals surface area contributed by atoms with E-state index in [-0.39, 0.29) is 24.2 Å². The summed E-state index contributed by atoms with van der Waals surface area (Å²) in [5.74, 6) is 0. The highest BCUT2D eigenvalue weighted by atomic mass is 16.3. The Kier molecular flexibility index (Phi) is 2.99. The molecule has 2 bridgehead atoms. The topological polar surface area (TPSA) is 52.6 Å². The van der Waals surface area contributed by atoms with Crippen LogP contribution >= 0.6 is 0 Å². The summed E-state index contributed by atoms with van der Waals surface area (Å²) in [5.41, 5.74) is 0. The Morgan fingerprint density at radius 2 is 1.65 bits per heavy atom. The first kappa shape index (κ1) is 11.3. The highest BCUT2D eigenvalue weighted by Crippen LogP contribution is 2.35. The molecule has 3 fully saturated rings. The maximum absolute atomic E-state index is 12.3. The van der Waals surface area contributed by atoms with Gasteiger partial charge in [-0.25, -0.2) is 4.79 Å². The molecule has 0 aromatic heterocycles. The number of nitrogens with one attached hydrogen (secondary N) is 1. The number of urea groups is 1. The molecule has 4 heteroatoms. The summed E-state index contributed by atoms with van der Waals surface area (Å²) in [4.78, 5) is 14.3. The van der Waals surface area contributed by atoms with Gasteiger partial charge in [0.1, 0.15) is 0 Å². The molecule has 2 unspecified atom stereocenters. The molecular weight excluding hydrogens is 216 g/mol. The third-order valence-corrected chi connectivity index (χ3v) is 4.63. The fourth-order valence-electron chi connectivity index (χ4n) is 3.80. The Hall–Kier alpha value is -0.770. The van der Waals surface area contributed by atoms with E-state index in [0.29, 0.717) is 6.04 Å². The van der Waals surface area contributed by atoms with Gasteiger partial charge in [-0.05, 0) is 38.5 Å². The molecule has 2 heterocycles. The molecule has 1 saturated carbocycles.